The van der Waals surface area contributed by atoms with Crippen LogP contribution in [0.4, 0.5) is 0 Å². The molecule has 0 saturated carbocycles. The number of aromatic nitrogens is 2. The maximum absolute atomic E-state index is 12.0. The number of nitrogens with zero attached hydrogens (tertiary/aromatic N) is 2. The molecule has 0 bridgehead atoms. The lowest BCUT2D eigenvalue weighted by Gasteiger charge is -2.07. The van der Waals surface area contributed by atoms with Crippen molar-refractivity contribution in [2.75, 3.05) is 0 Å². The normalized spacial score (nSPS) is 10.6. The van der Waals surface area contributed by atoms with Gasteiger partial charge in [0.25, 0.3) is 0 Å². The van der Waals surface area contributed by atoms with Gasteiger partial charge in [-0.1, -0.05) is 6.07 Å². The summed E-state index contributed by atoms with van der Waals surface area (Å²) in [6.45, 7) is 3.51. The van der Waals surface area contributed by atoms with Gasteiger partial charge < -0.3 is 14.9 Å². The predicted octanol–water partition coefficient (Wildman–Crippen LogP) is 2.09. The minimum atomic E-state index is -1.17. The van der Waals surface area contributed by atoms with Gasteiger partial charge in [-0.3, -0.25) is 4.68 Å². The number of aromatic hydroxyl groups is 1. The van der Waals surface area contributed by atoms with Gasteiger partial charge in [0.15, 0.2) is 5.69 Å². The number of carboxylic acids is 1. The molecule has 7 nitrogen and oxygen atoms in total. The predicted molar refractivity (Wildman–Crippen MR) is 72.6 cm³/mol. The Balaban J connectivity index is 2.27. The van der Waals surface area contributed by atoms with Crippen molar-refractivity contribution in [3.8, 4) is 11.5 Å². The van der Waals surface area contributed by atoms with Gasteiger partial charge in [0.2, 0.25) is 0 Å². The van der Waals surface area contributed by atoms with E-state index in [1.165, 1.54) is 28.9 Å². The number of phenolic OH excluding ortho intramolecular Hbond substituents is 1. The zero-order valence-corrected chi connectivity index (χ0v) is 11.5. The Labute approximate surface area is 120 Å². The van der Waals surface area contributed by atoms with Crippen molar-refractivity contribution in [1.29, 1.82) is 0 Å². The molecule has 1 heterocycles. The number of ether oxygens (including phenoxy) is 1. The van der Waals surface area contributed by atoms with Crippen LogP contribution in [0.2, 0.25) is 0 Å². The van der Waals surface area contributed by atoms with Gasteiger partial charge in [-0.05, 0) is 26.0 Å². The molecule has 2 rings (SSSR count). The first-order valence-corrected chi connectivity index (χ1v) is 6.22. The first-order chi connectivity index (χ1) is 9.88. The summed E-state index contributed by atoms with van der Waals surface area (Å²) in [5, 5.41) is 22.3. The van der Waals surface area contributed by atoms with Crippen LogP contribution in [-0.2, 0) is 0 Å². The van der Waals surface area contributed by atoms with Gasteiger partial charge in [0.1, 0.15) is 17.2 Å². The van der Waals surface area contributed by atoms with Crippen LogP contribution in [0.1, 0.15) is 40.9 Å². The molecule has 0 unspecified atom stereocenters. The van der Waals surface area contributed by atoms with E-state index in [2.05, 4.69) is 5.10 Å². The van der Waals surface area contributed by atoms with Crippen LogP contribution in [0, 0.1) is 0 Å². The Morgan fingerprint density at radius 3 is 2.52 bits per heavy atom. The maximum atomic E-state index is 12.0. The first-order valence-electron chi connectivity index (χ1n) is 6.22. The Morgan fingerprint density at radius 1 is 1.29 bits per heavy atom. The fourth-order valence-corrected chi connectivity index (χ4v) is 1.75. The summed E-state index contributed by atoms with van der Waals surface area (Å²) in [7, 11) is 0. The summed E-state index contributed by atoms with van der Waals surface area (Å²) in [4.78, 5) is 23.1. The van der Waals surface area contributed by atoms with E-state index in [9.17, 15) is 14.7 Å². The third-order valence-electron chi connectivity index (χ3n) is 2.68. The molecule has 7 heteroatoms. The molecule has 1 aromatic carbocycles. The van der Waals surface area contributed by atoms with Gasteiger partial charge in [-0.25, -0.2) is 9.59 Å². The molecule has 21 heavy (non-hydrogen) atoms. The second kappa shape index (κ2) is 5.66. The first kappa shape index (κ1) is 14.6. The highest BCUT2D eigenvalue weighted by Crippen LogP contribution is 2.19. The molecule has 0 amide bonds. The number of phenols is 1. The number of carbonyl (C=O) groups excluding carboxylic acids is 1. The van der Waals surface area contributed by atoms with Crippen LogP contribution >= 0.6 is 0 Å². The minimum absolute atomic E-state index is 0.0424. The fourth-order valence-electron chi connectivity index (χ4n) is 1.75. The number of rotatable bonds is 4. The molecule has 0 spiro atoms. The second-order valence-corrected chi connectivity index (χ2v) is 4.65. The molecule has 2 N–H and O–H groups in total. The number of aromatic carboxylic acids is 1. The van der Waals surface area contributed by atoms with E-state index in [1.54, 1.807) is 13.8 Å². The summed E-state index contributed by atoms with van der Waals surface area (Å²) in [5.41, 5.74) is -0.197. The van der Waals surface area contributed by atoms with Gasteiger partial charge in [-0.15, -0.1) is 0 Å². The van der Waals surface area contributed by atoms with E-state index in [0.717, 1.165) is 6.07 Å². The van der Waals surface area contributed by atoms with Crippen LogP contribution in [0.5, 0.6) is 11.5 Å². The Morgan fingerprint density at radius 2 is 2.00 bits per heavy atom. The van der Waals surface area contributed by atoms with Crippen LogP contribution in [0.3, 0.4) is 0 Å². The minimum Gasteiger partial charge on any atom is -0.508 e. The fraction of sp³-hybridized carbons (Fsp3) is 0.214. The number of carboxylic acid groups (broad SMARTS) is 1. The third kappa shape index (κ3) is 3.19. The summed E-state index contributed by atoms with van der Waals surface area (Å²) < 4.78 is 6.28. The summed E-state index contributed by atoms with van der Waals surface area (Å²) in [6, 6.07) is 6.68. The highest BCUT2D eigenvalue weighted by Gasteiger charge is 2.21. The number of benzene rings is 1. The Bertz CT molecular complexity index is 690. The molecular weight excluding hydrogens is 276 g/mol. The highest BCUT2D eigenvalue weighted by molar-refractivity contribution is 5.93. The van der Waals surface area contributed by atoms with Crippen LogP contribution in [0.15, 0.2) is 30.3 Å². The lowest BCUT2D eigenvalue weighted by molar-refractivity contribution is 0.0679. The van der Waals surface area contributed by atoms with Crippen molar-refractivity contribution in [3.05, 3.63) is 41.7 Å². The number of hydrogen-bond donors (Lipinski definition) is 2. The molecule has 0 aliphatic carbocycles. The summed E-state index contributed by atoms with van der Waals surface area (Å²) in [6.07, 6.45) is 0. The molecule has 0 aliphatic rings. The zero-order valence-electron chi connectivity index (χ0n) is 11.5. The topological polar surface area (TPSA) is 102 Å². The molecule has 2 aromatic rings. The second-order valence-electron chi connectivity index (χ2n) is 4.65. The van der Waals surface area contributed by atoms with Crippen LogP contribution in [-0.4, -0.2) is 31.9 Å². The van der Waals surface area contributed by atoms with Crippen molar-refractivity contribution >= 4 is 11.9 Å². The van der Waals surface area contributed by atoms with Crippen molar-refractivity contribution in [1.82, 2.24) is 9.78 Å². The Hall–Kier alpha value is -2.83. The lowest BCUT2D eigenvalue weighted by atomic mass is 10.3. The third-order valence-corrected chi connectivity index (χ3v) is 2.68. The van der Waals surface area contributed by atoms with E-state index in [4.69, 9.17) is 9.84 Å². The highest BCUT2D eigenvalue weighted by atomic mass is 16.5. The molecule has 0 saturated heterocycles. The summed E-state index contributed by atoms with van der Waals surface area (Å²) >= 11 is 0. The van der Waals surface area contributed by atoms with Crippen LogP contribution in [0.25, 0.3) is 0 Å². The lowest BCUT2D eigenvalue weighted by Crippen LogP contribution is -2.13. The molecule has 110 valence electrons. The number of carbonyl (C=O) groups is 2. The average molecular weight is 290 g/mol. The largest absolute Gasteiger partial charge is 0.508 e. The summed E-state index contributed by atoms with van der Waals surface area (Å²) in [5.74, 6) is -1.86. The van der Waals surface area contributed by atoms with Crippen molar-refractivity contribution in [3.63, 3.8) is 0 Å². The van der Waals surface area contributed by atoms with Crippen molar-refractivity contribution in [2.24, 2.45) is 0 Å². The zero-order chi connectivity index (χ0) is 15.6. The molecule has 1 aromatic heterocycles. The molecule has 0 fully saturated rings. The molecule has 0 aliphatic heterocycles. The van der Waals surface area contributed by atoms with Gasteiger partial charge in [-0.2, -0.15) is 5.10 Å². The van der Waals surface area contributed by atoms with Crippen molar-refractivity contribution in [2.45, 2.75) is 19.9 Å². The van der Waals surface area contributed by atoms with E-state index in [-0.39, 0.29) is 28.9 Å². The number of esters is 1. The van der Waals surface area contributed by atoms with Gasteiger partial charge in [0.05, 0.1) is 0 Å². The van der Waals surface area contributed by atoms with Gasteiger partial charge in [0, 0.05) is 18.2 Å². The van der Waals surface area contributed by atoms with E-state index < -0.39 is 11.9 Å². The Kier molecular flexibility index (Phi) is 3.93. The van der Waals surface area contributed by atoms with Gasteiger partial charge >= 0.3 is 11.9 Å². The van der Waals surface area contributed by atoms with Crippen LogP contribution < -0.4 is 4.74 Å². The maximum Gasteiger partial charge on any atom is 0.364 e. The molecular formula is C14H14N2O5. The van der Waals surface area contributed by atoms with E-state index in [0.29, 0.717) is 0 Å². The average Bonchev–Trinajstić information content (AvgIpc) is 2.84. The van der Waals surface area contributed by atoms with E-state index in [1.807, 2.05) is 0 Å². The monoisotopic (exact) mass is 290 g/mol. The van der Waals surface area contributed by atoms with E-state index >= 15 is 0 Å². The number of hydrogen-bond acceptors (Lipinski definition) is 5. The molecule has 0 atom stereocenters. The quantitative estimate of drug-likeness (QED) is 0.660. The SMILES string of the molecule is CC(C)n1nc(C(=O)Oc2cccc(O)c2)cc1C(=O)O. The van der Waals surface area contributed by atoms with Crippen molar-refractivity contribution < 1.29 is 24.5 Å². The standard InChI is InChI=1S/C14H14N2O5/c1-8(2)16-12(13(18)19)7-11(15-16)14(20)21-10-5-3-4-9(17)6-10/h3-8,17H,1-2H3,(H,18,19). The molecule has 0 radical (unpaired) electrons. The smallest absolute Gasteiger partial charge is 0.364 e.